The molecular weight excluding hydrogens is 316 g/mol. The summed E-state index contributed by atoms with van der Waals surface area (Å²) in [5, 5.41) is 6.79. The first-order valence-electron chi connectivity index (χ1n) is 5.46. The van der Waals surface area contributed by atoms with Crippen LogP contribution in [0.25, 0.3) is 0 Å². The number of hydrogen-bond donors (Lipinski definition) is 2. The molecule has 0 heterocycles. The van der Waals surface area contributed by atoms with Crippen molar-refractivity contribution in [3.8, 4) is 5.75 Å². The molecule has 0 saturated heterocycles. The van der Waals surface area contributed by atoms with E-state index in [1.807, 2.05) is 25.1 Å². The number of benzene rings is 1. The van der Waals surface area contributed by atoms with Crippen molar-refractivity contribution in [2.45, 2.75) is 13.0 Å². The summed E-state index contributed by atoms with van der Waals surface area (Å²) < 4.78 is 11.1. The highest BCUT2D eigenvalue weighted by Gasteiger charge is 2.07. The second-order valence-corrected chi connectivity index (χ2v) is 5.06. The van der Waals surface area contributed by atoms with Crippen LogP contribution >= 0.6 is 28.1 Å². The van der Waals surface area contributed by atoms with Gasteiger partial charge in [-0.15, -0.1) is 0 Å². The molecule has 6 heteroatoms. The number of halogens is 1. The van der Waals surface area contributed by atoms with E-state index in [4.69, 9.17) is 21.7 Å². The summed E-state index contributed by atoms with van der Waals surface area (Å²) >= 11 is 8.68. The summed E-state index contributed by atoms with van der Waals surface area (Å²) in [6, 6.07) is 5.81. The van der Waals surface area contributed by atoms with Gasteiger partial charge in [0.1, 0.15) is 5.75 Å². The predicted octanol–water partition coefficient (Wildman–Crippen LogP) is 2.78. The van der Waals surface area contributed by atoms with Crippen LogP contribution in [0.1, 0.15) is 6.92 Å². The van der Waals surface area contributed by atoms with Crippen LogP contribution in [0.2, 0.25) is 0 Å². The largest absolute Gasteiger partial charge is 0.497 e. The Hall–Kier alpha value is -0.850. The normalized spacial score (nSPS) is 11.8. The summed E-state index contributed by atoms with van der Waals surface area (Å²) in [6.45, 7) is 2.60. The molecule has 0 saturated carbocycles. The Morgan fingerprint density at radius 3 is 2.78 bits per heavy atom. The second kappa shape index (κ2) is 7.56. The van der Waals surface area contributed by atoms with E-state index >= 15 is 0 Å². The fraction of sp³-hybridized carbons (Fsp3) is 0.417. The fourth-order valence-corrected chi connectivity index (χ4v) is 2.06. The van der Waals surface area contributed by atoms with Crippen LogP contribution in [0.4, 0.5) is 5.69 Å². The predicted molar refractivity (Wildman–Crippen MR) is 81.4 cm³/mol. The Labute approximate surface area is 121 Å². The van der Waals surface area contributed by atoms with Crippen molar-refractivity contribution in [1.82, 2.24) is 5.32 Å². The van der Waals surface area contributed by atoms with Crippen LogP contribution in [0, 0.1) is 0 Å². The van der Waals surface area contributed by atoms with Crippen LogP contribution in [0.5, 0.6) is 5.75 Å². The fourth-order valence-electron chi connectivity index (χ4n) is 1.40. The Morgan fingerprint density at radius 1 is 1.44 bits per heavy atom. The molecule has 1 unspecified atom stereocenters. The van der Waals surface area contributed by atoms with Crippen molar-refractivity contribution >= 4 is 38.9 Å². The molecule has 0 bridgehead atoms. The number of ether oxygens (including phenoxy) is 2. The molecular formula is C12H17BrN2O2S. The van der Waals surface area contributed by atoms with E-state index in [1.165, 1.54) is 0 Å². The van der Waals surface area contributed by atoms with Gasteiger partial charge in [-0.3, -0.25) is 0 Å². The summed E-state index contributed by atoms with van der Waals surface area (Å²) in [6.07, 6.45) is 0. The van der Waals surface area contributed by atoms with Crippen molar-refractivity contribution in [3.63, 3.8) is 0 Å². The summed E-state index contributed by atoms with van der Waals surface area (Å²) in [4.78, 5) is 0. The molecule has 1 atom stereocenters. The highest BCUT2D eigenvalue weighted by Crippen LogP contribution is 2.26. The molecule has 1 aromatic carbocycles. The average Bonchev–Trinajstić information content (AvgIpc) is 2.32. The van der Waals surface area contributed by atoms with E-state index in [2.05, 4.69) is 26.6 Å². The van der Waals surface area contributed by atoms with Gasteiger partial charge in [-0.1, -0.05) is 0 Å². The smallest absolute Gasteiger partial charge is 0.171 e. The lowest BCUT2D eigenvalue weighted by atomic mass is 10.3. The Morgan fingerprint density at radius 2 is 2.17 bits per heavy atom. The molecule has 18 heavy (non-hydrogen) atoms. The molecule has 0 aromatic heterocycles. The van der Waals surface area contributed by atoms with E-state index in [0.29, 0.717) is 11.7 Å². The van der Waals surface area contributed by atoms with E-state index in [-0.39, 0.29) is 6.04 Å². The lowest BCUT2D eigenvalue weighted by Gasteiger charge is -2.17. The molecule has 0 spiro atoms. The van der Waals surface area contributed by atoms with Crippen LogP contribution in [-0.2, 0) is 4.74 Å². The zero-order valence-corrected chi connectivity index (χ0v) is 13.0. The topological polar surface area (TPSA) is 42.5 Å². The van der Waals surface area contributed by atoms with Gasteiger partial charge in [0, 0.05) is 23.7 Å². The van der Waals surface area contributed by atoms with Gasteiger partial charge < -0.3 is 20.1 Å². The Kier molecular flexibility index (Phi) is 6.38. The molecule has 4 nitrogen and oxygen atoms in total. The zero-order chi connectivity index (χ0) is 13.5. The van der Waals surface area contributed by atoms with Gasteiger partial charge in [0.05, 0.1) is 19.4 Å². The van der Waals surface area contributed by atoms with E-state index in [0.717, 1.165) is 15.9 Å². The number of thiocarbonyl (C=S) groups is 1. The van der Waals surface area contributed by atoms with Crippen molar-refractivity contribution in [1.29, 1.82) is 0 Å². The maximum Gasteiger partial charge on any atom is 0.171 e. The number of hydrogen-bond acceptors (Lipinski definition) is 3. The van der Waals surface area contributed by atoms with Gasteiger partial charge in [0.25, 0.3) is 0 Å². The van der Waals surface area contributed by atoms with Crippen LogP contribution in [-0.4, -0.2) is 32.0 Å². The number of nitrogens with one attached hydrogen (secondary N) is 2. The third-order valence-corrected chi connectivity index (χ3v) is 3.13. The van der Waals surface area contributed by atoms with E-state index in [9.17, 15) is 0 Å². The molecule has 0 amide bonds. The van der Waals surface area contributed by atoms with Crippen molar-refractivity contribution < 1.29 is 9.47 Å². The number of rotatable bonds is 5. The van der Waals surface area contributed by atoms with Gasteiger partial charge in [0.15, 0.2) is 5.11 Å². The Bertz CT molecular complexity index is 415. The minimum Gasteiger partial charge on any atom is -0.497 e. The van der Waals surface area contributed by atoms with Crippen LogP contribution in [0.15, 0.2) is 22.7 Å². The molecule has 0 radical (unpaired) electrons. The quantitative estimate of drug-likeness (QED) is 0.811. The number of methoxy groups -OCH3 is 2. The molecule has 1 rings (SSSR count). The van der Waals surface area contributed by atoms with Gasteiger partial charge >= 0.3 is 0 Å². The van der Waals surface area contributed by atoms with Gasteiger partial charge in [-0.05, 0) is 47.2 Å². The molecule has 0 aliphatic heterocycles. The summed E-state index contributed by atoms with van der Waals surface area (Å²) in [5.41, 5.74) is 0.858. The van der Waals surface area contributed by atoms with E-state index < -0.39 is 0 Å². The molecule has 1 aromatic rings. The van der Waals surface area contributed by atoms with Gasteiger partial charge in [-0.2, -0.15) is 0 Å². The van der Waals surface area contributed by atoms with Crippen LogP contribution in [0.3, 0.4) is 0 Å². The SMILES string of the molecule is COCC(C)NC(=S)Nc1cc(OC)ccc1Br. The molecule has 100 valence electrons. The van der Waals surface area contributed by atoms with Crippen molar-refractivity contribution in [2.24, 2.45) is 0 Å². The minimum absolute atomic E-state index is 0.152. The lowest BCUT2D eigenvalue weighted by Crippen LogP contribution is -2.38. The molecule has 0 aliphatic rings. The first-order valence-corrected chi connectivity index (χ1v) is 6.67. The lowest BCUT2D eigenvalue weighted by molar-refractivity contribution is 0.179. The highest BCUT2D eigenvalue weighted by atomic mass is 79.9. The van der Waals surface area contributed by atoms with Gasteiger partial charge in [-0.25, -0.2) is 0 Å². The third kappa shape index (κ3) is 4.80. The van der Waals surface area contributed by atoms with Crippen molar-refractivity contribution in [2.75, 3.05) is 26.1 Å². The standard InChI is InChI=1S/C12H17BrN2O2S/c1-8(7-16-2)14-12(18)15-11-6-9(17-3)4-5-10(11)13/h4-6,8H,7H2,1-3H3,(H2,14,15,18). The summed E-state index contributed by atoms with van der Waals surface area (Å²) in [7, 11) is 3.29. The Balaban J connectivity index is 2.63. The zero-order valence-electron chi connectivity index (χ0n) is 10.6. The first kappa shape index (κ1) is 15.2. The van der Waals surface area contributed by atoms with Crippen LogP contribution < -0.4 is 15.4 Å². The average molecular weight is 333 g/mol. The molecule has 2 N–H and O–H groups in total. The first-order chi connectivity index (χ1) is 8.56. The molecule has 0 aliphatic carbocycles. The molecule has 0 fully saturated rings. The third-order valence-electron chi connectivity index (χ3n) is 2.22. The van der Waals surface area contributed by atoms with Gasteiger partial charge in [0.2, 0.25) is 0 Å². The summed E-state index contributed by atoms with van der Waals surface area (Å²) in [5.74, 6) is 0.772. The van der Waals surface area contributed by atoms with Crippen molar-refractivity contribution in [3.05, 3.63) is 22.7 Å². The highest BCUT2D eigenvalue weighted by molar-refractivity contribution is 9.10. The van der Waals surface area contributed by atoms with E-state index in [1.54, 1.807) is 14.2 Å². The minimum atomic E-state index is 0.152. The second-order valence-electron chi connectivity index (χ2n) is 3.80. The maximum absolute atomic E-state index is 5.23. The maximum atomic E-state index is 5.23. The monoisotopic (exact) mass is 332 g/mol. The number of anilines is 1.